The van der Waals surface area contributed by atoms with Crippen LogP contribution in [0.25, 0.3) is 0 Å². The number of hydrogen-bond donors (Lipinski definition) is 1. The van der Waals surface area contributed by atoms with Crippen molar-refractivity contribution in [1.29, 1.82) is 0 Å². The molecule has 1 aromatic heterocycles. The molecule has 7 heteroatoms. The average Bonchev–Trinajstić information content (AvgIpc) is 2.46. The molecule has 0 bridgehead atoms. The molecule has 1 heterocycles. The number of carbonyl (C=O) groups is 1. The minimum atomic E-state index is -1.07. The number of carboxylic acids is 1. The molecule has 20 heavy (non-hydrogen) atoms. The van der Waals surface area contributed by atoms with Gasteiger partial charge < -0.3 is 14.7 Å². The second kappa shape index (κ2) is 5.87. The van der Waals surface area contributed by atoms with E-state index in [1.54, 1.807) is 25.1 Å². The number of nitrogens with zero attached hydrogens (tertiary/aromatic N) is 3. The van der Waals surface area contributed by atoms with E-state index in [9.17, 15) is 4.79 Å². The highest BCUT2D eigenvalue weighted by atomic mass is 79.9. The predicted molar refractivity (Wildman–Crippen MR) is 77.7 cm³/mol. The summed E-state index contributed by atoms with van der Waals surface area (Å²) in [6.07, 6.45) is 2.59. The number of ether oxygens (including phenoxy) is 1. The van der Waals surface area contributed by atoms with E-state index in [-0.39, 0.29) is 5.56 Å². The van der Waals surface area contributed by atoms with Crippen molar-refractivity contribution >= 4 is 33.4 Å². The van der Waals surface area contributed by atoms with Crippen molar-refractivity contribution < 1.29 is 14.6 Å². The van der Waals surface area contributed by atoms with Gasteiger partial charge in [-0.1, -0.05) is 0 Å². The second-order valence-corrected chi connectivity index (χ2v) is 4.80. The van der Waals surface area contributed by atoms with Crippen LogP contribution < -0.4 is 9.64 Å². The van der Waals surface area contributed by atoms with Crippen LogP contribution in [0, 0.1) is 0 Å². The van der Waals surface area contributed by atoms with Gasteiger partial charge in [0.25, 0.3) is 0 Å². The summed E-state index contributed by atoms with van der Waals surface area (Å²) in [4.78, 5) is 20.6. The zero-order chi connectivity index (χ0) is 14.7. The van der Waals surface area contributed by atoms with Gasteiger partial charge in [-0.2, -0.15) is 0 Å². The largest absolute Gasteiger partial charge is 0.496 e. The molecule has 0 radical (unpaired) electrons. The fourth-order valence-corrected chi connectivity index (χ4v) is 2.26. The van der Waals surface area contributed by atoms with Crippen molar-refractivity contribution in [2.45, 2.75) is 0 Å². The van der Waals surface area contributed by atoms with Crippen LogP contribution in [0.5, 0.6) is 5.75 Å². The molecule has 0 amide bonds. The number of aromatic carboxylic acids is 1. The Hall–Kier alpha value is -2.15. The maximum absolute atomic E-state index is 11.2. The van der Waals surface area contributed by atoms with Crippen molar-refractivity contribution in [1.82, 2.24) is 9.97 Å². The van der Waals surface area contributed by atoms with Gasteiger partial charge in [0, 0.05) is 18.9 Å². The van der Waals surface area contributed by atoms with Gasteiger partial charge in [-0.15, -0.1) is 0 Å². The fraction of sp³-hybridized carbons (Fsp3) is 0.154. The van der Waals surface area contributed by atoms with Crippen LogP contribution in [0.4, 0.5) is 11.5 Å². The molecule has 0 aliphatic heterocycles. The van der Waals surface area contributed by atoms with E-state index in [1.165, 1.54) is 12.5 Å². The average molecular weight is 338 g/mol. The molecule has 104 valence electrons. The number of anilines is 2. The summed E-state index contributed by atoms with van der Waals surface area (Å²) < 4.78 is 5.94. The molecule has 1 aromatic carbocycles. The Morgan fingerprint density at radius 2 is 2.20 bits per heavy atom. The maximum Gasteiger partial charge on any atom is 0.341 e. The lowest BCUT2D eigenvalue weighted by Gasteiger charge is -2.20. The minimum absolute atomic E-state index is 0.0435. The lowest BCUT2D eigenvalue weighted by atomic mass is 10.2. The monoisotopic (exact) mass is 337 g/mol. The van der Waals surface area contributed by atoms with Gasteiger partial charge in [-0.05, 0) is 34.1 Å². The van der Waals surface area contributed by atoms with E-state index in [1.807, 2.05) is 12.1 Å². The molecule has 2 rings (SSSR count). The highest BCUT2D eigenvalue weighted by Gasteiger charge is 2.17. The van der Waals surface area contributed by atoms with Crippen LogP contribution in [-0.4, -0.2) is 35.2 Å². The highest BCUT2D eigenvalue weighted by Crippen LogP contribution is 2.32. The summed E-state index contributed by atoms with van der Waals surface area (Å²) in [7, 11) is 3.32. The van der Waals surface area contributed by atoms with E-state index in [4.69, 9.17) is 9.84 Å². The first kappa shape index (κ1) is 14.3. The first-order valence-corrected chi connectivity index (χ1v) is 6.44. The molecule has 0 saturated heterocycles. The summed E-state index contributed by atoms with van der Waals surface area (Å²) in [5.74, 6) is -0.0483. The van der Waals surface area contributed by atoms with Crippen LogP contribution in [0.15, 0.2) is 35.2 Å². The minimum Gasteiger partial charge on any atom is -0.496 e. The topological polar surface area (TPSA) is 75.5 Å². The standard InChI is InChI=1S/C13H12BrN3O3/c1-17(8-3-4-11(20-2)10(14)5-8)12-9(13(18)19)6-15-7-16-12/h3-7H,1-2H3,(H,18,19). The lowest BCUT2D eigenvalue weighted by molar-refractivity contribution is 0.0697. The lowest BCUT2D eigenvalue weighted by Crippen LogP contribution is -2.16. The summed E-state index contributed by atoms with van der Waals surface area (Å²) in [6, 6.07) is 5.43. The van der Waals surface area contributed by atoms with Gasteiger partial charge in [0.05, 0.1) is 11.6 Å². The number of halogens is 1. The SMILES string of the molecule is COc1ccc(N(C)c2ncncc2C(=O)O)cc1Br. The molecule has 0 saturated carbocycles. The summed E-state index contributed by atoms with van der Waals surface area (Å²) in [5.41, 5.74) is 0.820. The molecule has 0 aliphatic carbocycles. The normalized spacial score (nSPS) is 10.2. The number of aromatic nitrogens is 2. The Balaban J connectivity index is 2.44. The molecular weight excluding hydrogens is 326 g/mol. The van der Waals surface area contributed by atoms with Crippen molar-refractivity contribution in [3.63, 3.8) is 0 Å². The van der Waals surface area contributed by atoms with Gasteiger partial charge in [0.15, 0.2) is 5.82 Å². The van der Waals surface area contributed by atoms with E-state index in [2.05, 4.69) is 25.9 Å². The van der Waals surface area contributed by atoms with Crippen LogP contribution in [-0.2, 0) is 0 Å². The molecular formula is C13H12BrN3O3. The molecule has 0 fully saturated rings. The van der Waals surface area contributed by atoms with Gasteiger partial charge in [-0.3, -0.25) is 0 Å². The van der Waals surface area contributed by atoms with Crippen LogP contribution in [0.3, 0.4) is 0 Å². The Bertz CT molecular complexity index is 649. The Kier molecular flexibility index (Phi) is 4.19. The van der Waals surface area contributed by atoms with Gasteiger partial charge in [0.2, 0.25) is 0 Å². The molecule has 1 N–H and O–H groups in total. The number of benzene rings is 1. The zero-order valence-corrected chi connectivity index (χ0v) is 12.5. The maximum atomic E-state index is 11.2. The van der Waals surface area contributed by atoms with Gasteiger partial charge in [0.1, 0.15) is 17.6 Å². The first-order valence-electron chi connectivity index (χ1n) is 5.65. The molecule has 0 atom stereocenters. The Labute approximate surface area is 124 Å². The fourth-order valence-electron chi connectivity index (χ4n) is 1.73. The quantitative estimate of drug-likeness (QED) is 0.924. The molecule has 6 nitrogen and oxygen atoms in total. The molecule has 2 aromatic rings. The molecule has 0 unspecified atom stereocenters. The third-order valence-corrected chi connectivity index (χ3v) is 3.38. The van der Waals surface area contributed by atoms with Crippen molar-refractivity contribution in [2.75, 3.05) is 19.1 Å². The van der Waals surface area contributed by atoms with Gasteiger partial charge >= 0.3 is 5.97 Å². The number of rotatable bonds is 4. The second-order valence-electron chi connectivity index (χ2n) is 3.94. The summed E-state index contributed by atoms with van der Waals surface area (Å²) in [6.45, 7) is 0. The first-order chi connectivity index (χ1) is 9.54. The number of carboxylic acid groups (broad SMARTS) is 1. The smallest absolute Gasteiger partial charge is 0.341 e. The number of methoxy groups -OCH3 is 1. The zero-order valence-electron chi connectivity index (χ0n) is 10.9. The van der Waals surface area contributed by atoms with E-state index in [0.717, 1.165) is 10.2 Å². The van der Waals surface area contributed by atoms with Crippen molar-refractivity contribution in [3.05, 3.63) is 40.8 Å². The van der Waals surface area contributed by atoms with Crippen molar-refractivity contribution in [3.8, 4) is 5.75 Å². The third-order valence-electron chi connectivity index (χ3n) is 2.76. The van der Waals surface area contributed by atoms with E-state index >= 15 is 0 Å². The summed E-state index contributed by atoms with van der Waals surface area (Å²) >= 11 is 3.39. The third kappa shape index (κ3) is 2.72. The van der Waals surface area contributed by atoms with Crippen LogP contribution in [0.2, 0.25) is 0 Å². The summed E-state index contributed by atoms with van der Waals surface area (Å²) in [5, 5.41) is 9.16. The predicted octanol–water partition coefficient (Wildman–Crippen LogP) is 2.71. The van der Waals surface area contributed by atoms with Crippen LogP contribution >= 0.6 is 15.9 Å². The van der Waals surface area contributed by atoms with Crippen molar-refractivity contribution in [2.24, 2.45) is 0 Å². The number of hydrogen-bond acceptors (Lipinski definition) is 5. The van der Waals surface area contributed by atoms with E-state index < -0.39 is 5.97 Å². The van der Waals surface area contributed by atoms with Gasteiger partial charge in [-0.25, -0.2) is 14.8 Å². The Morgan fingerprint density at radius 1 is 1.45 bits per heavy atom. The van der Waals surface area contributed by atoms with E-state index in [0.29, 0.717) is 11.6 Å². The Morgan fingerprint density at radius 3 is 2.80 bits per heavy atom. The molecule has 0 spiro atoms. The van der Waals surface area contributed by atoms with Crippen LogP contribution in [0.1, 0.15) is 10.4 Å². The molecule has 0 aliphatic rings. The highest BCUT2D eigenvalue weighted by molar-refractivity contribution is 9.10.